The van der Waals surface area contributed by atoms with Crippen molar-refractivity contribution in [1.29, 1.82) is 0 Å². The molecule has 0 saturated carbocycles. The number of esters is 1. The number of likely N-dealkylation sites (N-methyl/N-ethyl adjacent to an activating group) is 1. The van der Waals surface area contributed by atoms with Crippen molar-refractivity contribution in [2.45, 2.75) is 39.4 Å². The average molecular weight is 338 g/mol. The average Bonchev–Trinajstić information content (AvgIpc) is 2.52. The van der Waals surface area contributed by atoms with E-state index in [1.54, 1.807) is 0 Å². The summed E-state index contributed by atoms with van der Waals surface area (Å²) in [7, 11) is -1.35. The van der Waals surface area contributed by atoms with E-state index in [2.05, 4.69) is 50.5 Å². The highest BCUT2D eigenvalue weighted by molar-refractivity contribution is 6.88. The molecule has 1 N–H and O–H groups in total. The first kappa shape index (κ1) is 19.9. The molecule has 0 fully saturated rings. The van der Waals surface area contributed by atoms with Gasteiger partial charge in [-0.15, -0.1) is 0 Å². The number of ether oxygens (including phenoxy) is 1. The van der Waals surface area contributed by atoms with Crippen molar-refractivity contribution in [3.63, 3.8) is 0 Å². The van der Waals surface area contributed by atoms with Crippen LogP contribution in [0.2, 0.25) is 19.6 Å². The van der Waals surface area contributed by atoms with E-state index in [0.29, 0.717) is 6.61 Å². The molecule has 1 aromatic rings. The second-order valence-corrected chi connectivity index (χ2v) is 11.9. The largest absolute Gasteiger partial charge is 0.464 e. The third kappa shape index (κ3) is 6.09. The molecule has 0 spiro atoms. The third-order valence-electron chi connectivity index (χ3n) is 4.19. The maximum atomic E-state index is 12.2. The number of nitrogens with zero attached hydrogens (tertiary/aromatic N) is 1. The Morgan fingerprint density at radius 2 is 1.74 bits per heavy atom. The van der Waals surface area contributed by atoms with Crippen LogP contribution in [0.25, 0.3) is 0 Å². The van der Waals surface area contributed by atoms with Crippen molar-refractivity contribution in [3.05, 3.63) is 29.8 Å². The molecule has 0 aliphatic carbocycles. The summed E-state index contributed by atoms with van der Waals surface area (Å²) in [6, 6.07) is 8.04. The predicted molar refractivity (Wildman–Crippen MR) is 98.0 cm³/mol. The Labute approximate surface area is 141 Å². The minimum absolute atomic E-state index is 0.226. The van der Waals surface area contributed by atoms with Gasteiger partial charge in [-0.1, -0.05) is 62.9 Å². The maximum Gasteiger partial charge on any atom is 0.315 e. The molecule has 1 unspecified atom stereocenters. The van der Waals surface area contributed by atoms with Crippen LogP contribution in [0.5, 0.6) is 0 Å². The fourth-order valence-corrected chi connectivity index (χ4v) is 3.61. The molecule has 0 aliphatic heterocycles. The summed E-state index contributed by atoms with van der Waals surface area (Å²) in [5.41, 5.74) is 0.822. The molecule has 4 nitrogen and oxygen atoms in total. The molecule has 0 aromatic heterocycles. The normalized spacial score (nSPS) is 13.2. The summed E-state index contributed by atoms with van der Waals surface area (Å²) in [4.78, 5) is 14.4. The van der Waals surface area contributed by atoms with Gasteiger partial charge in [0, 0.05) is 6.54 Å². The molecule has 130 valence electrons. The third-order valence-corrected chi connectivity index (χ3v) is 6.26. The van der Waals surface area contributed by atoms with E-state index in [4.69, 9.17) is 4.74 Å². The van der Waals surface area contributed by atoms with Crippen LogP contribution in [-0.2, 0) is 9.53 Å². The van der Waals surface area contributed by atoms with Crippen LogP contribution in [0.1, 0.15) is 25.3 Å². The Bertz CT molecular complexity index is 478. The fourth-order valence-electron chi connectivity index (χ4n) is 2.45. The number of carbonyl (C=O) groups excluding carboxylic acids is 1. The van der Waals surface area contributed by atoms with Crippen LogP contribution < -0.4 is 5.19 Å². The maximum absolute atomic E-state index is 12.2. The highest BCUT2D eigenvalue weighted by Crippen LogP contribution is 2.17. The van der Waals surface area contributed by atoms with Crippen LogP contribution in [0.3, 0.4) is 0 Å². The Kier molecular flexibility index (Phi) is 7.95. The van der Waals surface area contributed by atoms with Crippen molar-refractivity contribution in [1.82, 2.24) is 4.90 Å². The zero-order valence-corrected chi connectivity index (χ0v) is 16.1. The van der Waals surface area contributed by atoms with Crippen molar-refractivity contribution < 1.29 is 14.6 Å². The predicted octanol–water partition coefficient (Wildman–Crippen LogP) is 2.19. The minimum Gasteiger partial charge on any atom is -0.464 e. The van der Waals surface area contributed by atoms with Gasteiger partial charge in [0.05, 0.1) is 14.7 Å². The minimum atomic E-state index is -1.35. The Morgan fingerprint density at radius 3 is 2.17 bits per heavy atom. The Balaban J connectivity index is 2.66. The van der Waals surface area contributed by atoms with Gasteiger partial charge in [-0.05, 0) is 18.7 Å². The Hall–Kier alpha value is -1.17. The van der Waals surface area contributed by atoms with Crippen molar-refractivity contribution >= 4 is 19.2 Å². The lowest BCUT2D eigenvalue weighted by Gasteiger charge is -2.20. The lowest BCUT2D eigenvalue weighted by atomic mass is 10.0. The molecule has 1 rings (SSSR count). The summed E-state index contributed by atoms with van der Waals surface area (Å²) in [6.45, 7) is 13.8. The number of hydrogen-bond donors (Lipinski definition) is 1. The van der Waals surface area contributed by atoms with Gasteiger partial charge >= 0.3 is 5.97 Å². The summed E-state index contributed by atoms with van der Waals surface area (Å²) in [6.07, 6.45) is 0. The lowest BCUT2D eigenvalue weighted by Crippen LogP contribution is -2.37. The first-order chi connectivity index (χ1) is 10.8. The first-order valence-electron chi connectivity index (χ1n) is 8.43. The monoisotopic (exact) mass is 337 g/mol. The van der Waals surface area contributed by atoms with Crippen LogP contribution in [-0.4, -0.2) is 56.9 Å². The number of carbonyl (C=O) groups is 1. The summed E-state index contributed by atoms with van der Waals surface area (Å²) in [5, 5.41) is 10.9. The van der Waals surface area contributed by atoms with E-state index >= 15 is 0 Å². The molecule has 5 heteroatoms. The molecule has 1 atom stereocenters. The van der Waals surface area contributed by atoms with Gasteiger partial charge in [-0.3, -0.25) is 4.79 Å². The van der Waals surface area contributed by atoms with Gasteiger partial charge in [-0.25, -0.2) is 0 Å². The molecule has 0 heterocycles. The van der Waals surface area contributed by atoms with Gasteiger partial charge < -0.3 is 14.7 Å². The van der Waals surface area contributed by atoms with Crippen molar-refractivity contribution in [3.8, 4) is 0 Å². The molecule has 0 bridgehead atoms. The van der Waals surface area contributed by atoms with Crippen LogP contribution in [0, 0.1) is 0 Å². The number of benzene rings is 1. The van der Waals surface area contributed by atoms with Crippen LogP contribution in [0.15, 0.2) is 24.3 Å². The van der Waals surface area contributed by atoms with Gasteiger partial charge in [-0.2, -0.15) is 0 Å². The molecule has 0 aliphatic rings. The van der Waals surface area contributed by atoms with E-state index in [9.17, 15) is 9.90 Å². The molecule has 1 aromatic carbocycles. The van der Waals surface area contributed by atoms with Gasteiger partial charge in [0.25, 0.3) is 0 Å². The molecular weight excluding hydrogens is 306 g/mol. The van der Waals surface area contributed by atoms with E-state index < -0.39 is 14.0 Å². The van der Waals surface area contributed by atoms with Gasteiger partial charge in [0.1, 0.15) is 12.5 Å². The quantitative estimate of drug-likeness (QED) is 0.554. The number of hydrogen-bond acceptors (Lipinski definition) is 4. The molecule has 0 amide bonds. The first-order valence-corrected chi connectivity index (χ1v) is 11.9. The highest BCUT2D eigenvalue weighted by atomic mass is 28.3. The number of rotatable bonds is 9. The van der Waals surface area contributed by atoms with E-state index in [-0.39, 0.29) is 12.6 Å². The number of aliphatic hydroxyl groups is 1. The van der Waals surface area contributed by atoms with E-state index in [0.717, 1.165) is 25.2 Å². The molecule has 0 saturated heterocycles. The van der Waals surface area contributed by atoms with Crippen LogP contribution >= 0.6 is 0 Å². The lowest BCUT2D eigenvalue weighted by molar-refractivity contribution is -0.146. The van der Waals surface area contributed by atoms with Crippen molar-refractivity contribution in [2.24, 2.45) is 0 Å². The van der Waals surface area contributed by atoms with Crippen LogP contribution in [0.4, 0.5) is 0 Å². The topological polar surface area (TPSA) is 49.8 Å². The molecule has 0 radical (unpaired) electrons. The standard InChI is InChI=1S/C18H31NO3Si/c1-6-19(7-2)12-13-22-18(21)17(14-20)15-8-10-16(11-9-15)23(3,4)5/h8-11,17,20H,6-7,12-14H2,1-5H3. The molecular formula is C18H31NO3Si. The van der Waals surface area contributed by atoms with Gasteiger partial charge in [0.2, 0.25) is 0 Å². The summed E-state index contributed by atoms with van der Waals surface area (Å²) < 4.78 is 5.35. The summed E-state index contributed by atoms with van der Waals surface area (Å²) >= 11 is 0. The second-order valence-electron chi connectivity index (χ2n) is 6.80. The zero-order chi connectivity index (χ0) is 17.5. The SMILES string of the molecule is CCN(CC)CCOC(=O)C(CO)c1ccc([Si](C)(C)C)cc1. The van der Waals surface area contributed by atoms with Crippen molar-refractivity contribution in [2.75, 3.05) is 32.8 Å². The van der Waals surface area contributed by atoms with E-state index in [1.807, 2.05) is 12.1 Å². The fraction of sp³-hybridized carbons (Fsp3) is 0.611. The summed E-state index contributed by atoms with van der Waals surface area (Å²) in [5.74, 6) is -0.942. The highest BCUT2D eigenvalue weighted by Gasteiger charge is 2.23. The zero-order valence-electron chi connectivity index (χ0n) is 15.1. The second kappa shape index (κ2) is 9.20. The molecule has 23 heavy (non-hydrogen) atoms. The van der Waals surface area contributed by atoms with E-state index in [1.165, 1.54) is 5.19 Å². The Morgan fingerprint density at radius 1 is 1.17 bits per heavy atom. The smallest absolute Gasteiger partial charge is 0.315 e. The number of aliphatic hydroxyl groups excluding tert-OH is 1. The van der Waals surface area contributed by atoms with Gasteiger partial charge in [0.15, 0.2) is 0 Å².